The summed E-state index contributed by atoms with van der Waals surface area (Å²) in [4.78, 5) is 14.6. The Kier molecular flexibility index (Phi) is 4.62. The number of hydrogen-bond donors (Lipinski definition) is 1. The lowest BCUT2D eigenvalue weighted by Crippen LogP contribution is -2.49. The second kappa shape index (κ2) is 6.24. The van der Waals surface area contributed by atoms with Crippen LogP contribution >= 0.6 is 0 Å². The van der Waals surface area contributed by atoms with Gasteiger partial charge in [-0.2, -0.15) is 0 Å². The smallest absolute Gasteiger partial charge is 0.209 e. The first kappa shape index (κ1) is 14.8. The Balaban J connectivity index is 1.97. The molecule has 0 aromatic heterocycles. The quantitative estimate of drug-likeness (QED) is 0.805. The van der Waals surface area contributed by atoms with Crippen LogP contribution in [0.3, 0.4) is 0 Å². The molecule has 0 aliphatic carbocycles. The van der Waals surface area contributed by atoms with Gasteiger partial charge in [-0.3, -0.25) is 9.69 Å². The van der Waals surface area contributed by atoms with Crippen molar-refractivity contribution in [3.8, 4) is 5.75 Å². The van der Waals surface area contributed by atoms with Crippen LogP contribution in [0.4, 0.5) is 0 Å². The predicted octanol–water partition coefficient (Wildman–Crippen LogP) is 0.677. The number of rotatable bonds is 5. The Morgan fingerprint density at radius 3 is 2.35 bits per heavy atom. The van der Waals surface area contributed by atoms with Gasteiger partial charge in [0.2, 0.25) is 6.41 Å². The molecule has 1 aromatic rings. The molecule has 0 spiro atoms. The van der Waals surface area contributed by atoms with E-state index in [0.717, 1.165) is 43.9 Å². The Bertz CT molecular complexity index is 437. The maximum Gasteiger partial charge on any atom is 0.209 e. The number of aliphatic hydroxyl groups is 1. The maximum atomic E-state index is 10.7. The molecule has 1 atom stereocenters. The lowest BCUT2D eigenvalue weighted by molar-refractivity contribution is -0.120. The molecule has 1 aliphatic heterocycles. The first-order chi connectivity index (χ1) is 9.55. The zero-order chi connectivity index (χ0) is 14.6. The summed E-state index contributed by atoms with van der Waals surface area (Å²) in [5.74, 6) is 0.782. The van der Waals surface area contributed by atoms with E-state index in [4.69, 9.17) is 4.74 Å². The van der Waals surface area contributed by atoms with Crippen LogP contribution in [0.1, 0.15) is 12.5 Å². The van der Waals surface area contributed by atoms with Gasteiger partial charge >= 0.3 is 0 Å². The van der Waals surface area contributed by atoms with Crippen LogP contribution in [0.15, 0.2) is 24.3 Å². The molecule has 1 amide bonds. The van der Waals surface area contributed by atoms with Gasteiger partial charge in [0.15, 0.2) is 0 Å². The Morgan fingerprint density at radius 1 is 1.25 bits per heavy atom. The zero-order valence-corrected chi connectivity index (χ0v) is 12.1. The van der Waals surface area contributed by atoms with E-state index in [1.165, 1.54) is 0 Å². The molecule has 0 saturated carbocycles. The first-order valence-corrected chi connectivity index (χ1v) is 6.84. The van der Waals surface area contributed by atoms with Crippen LogP contribution in [0.5, 0.6) is 5.75 Å². The number of piperazine rings is 1. The van der Waals surface area contributed by atoms with E-state index < -0.39 is 5.60 Å². The topological polar surface area (TPSA) is 53.0 Å². The number of β-amino-alcohol motifs (C(OH)–C–C–N with tert-alkyl or cyclic N) is 1. The van der Waals surface area contributed by atoms with Crippen molar-refractivity contribution < 1.29 is 14.6 Å². The summed E-state index contributed by atoms with van der Waals surface area (Å²) in [5, 5.41) is 10.7. The zero-order valence-electron chi connectivity index (χ0n) is 12.1. The molecule has 2 rings (SSSR count). The van der Waals surface area contributed by atoms with Crippen LogP contribution in [-0.4, -0.2) is 61.2 Å². The SMILES string of the molecule is COc1ccc(C(C)(O)CN2CCN(C=O)CC2)cc1. The summed E-state index contributed by atoms with van der Waals surface area (Å²) < 4.78 is 5.13. The largest absolute Gasteiger partial charge is 0.497 e. The molecule has 0 radical (unpaired) electrons. The monoisotopic (exact) mass is 278 g/mol. The number of methoxy groups -OCH3 is 1. The fraction of sp³-hybridized carbons (Fsp3) is 0.533. The maximum absolute atomic E-state index is 10.7. The van der Waals surface area contributed by atoms with E-state index in [2.05, 4.69) is 4.90 Å². The van der Waals surface area contributed by atoms with Crippen molar-refractivity contribution in [2.24, 2.45) is 0 Å². The molecule has 1 fully saturated rings. The first-order valence-electron chi connectivity index (χ1n) is 6.84. The van der Waals surface area contributed by atoms with Gasteiger partial charge in [-0.15, -0.1) is 0 Å². The highest BCUT2D eigenvalue weighted by atomic mass is 16.5. The average molecular weight is 278 g/mol. The van der Waals surface area contributed by atoms with Crippen molar-refractivity contribution in [2.45, 2.75) is 12.5 Å². The number of amides is 1. The number of benzene rings is 1. The van der Waals surface area contributed by atoms with Crippen molar-refractivity contribution >= 4 is 6.41 Å². The summed E-state index contributed by atoms with van der Waals surface area (Å²) in [6.07, 6.45) is 0.888. The minimum Gasteiger partial charge on any atom is -0.497 e. The number of nitrogens with zero attached hydrogens (tertiary/aromatic N) is 2. The van der Waals surface area contributed by atoms with Gasteiger partial charge < -0.3 is 14.7 Å². The minimum atomic E-state index is -0.907. The molecule has 0 bridgehead atoms. The Hall–Kier alpha value is -1.59. The van der Waals surface area contributed by atoms with Crippen molar-refractivity contribution in [1.82, 2.24) is 9.80 Å². The fourth-order valence-electron chi connectivity index (χ4n) is 2.50. The Morgan fingerprint density at radius 2 is 1.85 bits per heavy atom. The minimum absolute atomic E-state index is 0.562. The highest BCUT2D eigenvalue weighted by Gasteiger charge is 2.28. The molecule has 5 heteroatoms. The number of ether oxygens (including phenoxy) is 1. The second-order valence-corrected chi connectivity index (χ2v) is 5.42. The van der Waals surface area contributed by atoms with Gasteiger partial charge in [-0.05, 0) is 24.6 Å². The van der Waals surface area contributed by atoms with E-state index in [-0.39, 0.29) is 0 Å². The summed E-state index contributed by atoms with van der Waals surface area (Å²) in [6, 6.07) is 7.49. The molecule has 1 saturated heterocycles. The highest BCUT2D eigenvalue weighted by Crippen LogP contribution is 2.24. The van der Waals surface area contributed by atoms with Crippen molar-refractivity contribution in [1.29, 1.82) is 0 Å². The summed E-state index contributed by atoms with van der Waals surface area (Å²) in [5.41, 5.74) is -0.0357. The highest BCUT2D eigenvalue weighted by molar-refractivity contribution is 5.47. The van der Waals surface area contributed by atoms with E-state index in [9.17, 15) is 9.90 Å². The second-order valence-electron chi connectivity index (χ2n) is 5.42. The molecule has 1 heterocycles. The Labute approximate surface area is 119 Å². The molecular weight excluding hydrogens is 256 g/mol. The third-order valence-corrected chi connectivity index (χ3v) is 3.80. The van der Waals surface area contributed by atoms with Gasteiger partial charge in [-0.1, -0.05) is 12.1 Å². The summed E-state index contributed by atoms with van der Waals surface area (Å²) in [6.45, 7) is 5.42. The molecule has 110 valence electrons. The van der Waals surface area contributed by atoms with E-state index in [0.29, 0.717) is 6.54 Å². The van der Waals surface area contributed by atoms with Crippen LogP contribution < -0.4 is 4.74 Å². The van der Waals surface area contributed by atoms with E-state index in [1.807, 2.05) is 31.2 Å². The lowest BCUT2D eigenvalue weighted by atomic mass is 9.95. The van der Waals surface area contributed by atoms with Crippen molar-refractivity contribution in [2.75, 3.05) is 39.8 Å². The predicted molar refractivity (Wildman–Crippen MR) is 76.6 cm³/mol. The molecule has 20 heavy (non-hydrogen) atoms. The molecular formula is C15H22N2O3. The van der Waals surface area contributed by atoms with Crippen LogP contribution in [-0.2, 0) is 10.4 Å². The number of hydrogen-bond acceptors (Lipinski definition) is 4. The number of carbonyl (C=O) groups excluding carboxylic acids is 1. The molecule has 5 nitrogen and oxygen atoms in total. The van der Waals surface area contributed by atoms with E-state index >= 15 is 0 Å². The molecule has 1 N–H and O–H groups in total. The van der Waals surface area contributed by atoms with E-state index in [1.54, 1.807) is 12.0 Å². The number of carbonyl (C=O) groups is 1. The molecule has 1 aromatic carbocycles. The van der Waals surface area contributed by atoms with Gasteiger partial charge in [-0.25, -0.2) is 0 Å². The normalized spacial score (nSPS) is 19.4. The van der Waals surface area contributed by atoms with Crippen LogP contribution in [0.25, 0.3) is 0 Å². The molecule has 1 aliphatic rings. The average Bonchev–Trinajstić information content (AvgIpc) is 2.48. The van der Waals surface area contributed by atoms with Crippen LogP contribution in [0.2, 0.25) is 0 Å². The van der Waals surface area contributed by atoms with Crippen molar-refractivity contribution in [3.05, 3.63) is 29.8 Å². The summed E-state index contributed by atoms with van der Waals surface area (Å²) in [7, 11) is 1.62. The van der Waals surface area contributed by atoms with Gasteiger partial charge in [0, 0.05) is 32.7 Å². The standard InChI is InChI=1S/C15H22N2O3/c1-15(19,13-3-5-14(20-2)6-4-13)11-16-7-9-17(12-18)10-8-16/h3-6,12,19H,7-11H2,1-2H3. The summed E-state index contributed by atoms with van der Waals surface area (Å²) >= 11 is 0. The molecule has 1 unspecified atom stereocenters. The fourth-order valence-corrected chi connectivity index (χ4v) is 2.50. The third kappa shape index (κ3) is 3.49. The van der Waals surface area contributed by atoms with Crippen LogP contribution in [0, 0.1) is 0 Å². The third-order valence-electron chi connectivity index (χ3n) is 3.80. The van der Waals surface area contributed by atoms with Gasteiger partial charge in [0.25, 0.3) is 0 Å². The van der Waals surface area contributed by atoms with Gasteiger partial charge in [0.1, 0.15) is 5.75 Å². The lowest BCUT2D eigenvalue weighted by Gasteiger charge is -2.37. The van der Waals surface area contributed by atoms with Gasteiger partial charge in [0.05, 0.1) is 12.7 Å². The van der Waals surface area contributed by atoms with Crippen molar-refractivity contribution in [3.63, 3.8) is 0 Å².